The molecule has 0 aromatic rings. The number of rotatable bonds is 4. The Balaban J connectivity index is 2.97. The van der Waals surface area contributed by atoms with Gasteiger partial charge in [-0.15, -0.1) is 0 Å². The lowest BCUT2D eigenvalue weighted by Crippen LogP contribution is -2.10. The maximum Gasteiger partial charge on any atom is 0.0774 e. The second-order valence-electron chi connectivity index (χ2n) is 1.58. The van der Waals surface area contributed by atoms with Gasteiger partial charge in [0.15, 0.2) is 0 Å². The Labute approximate surface area is 54.1 Å². The molecule has 0 aromatic carbocycles. The predicted molar refractivity (Wildman–Crippen MR) is 36.0 cm³/mol. The molecule has 3 heteroatoms. The number of thiocarbonyl (C=S) groups is 1. The molecule has 0 rings (SSSR count). The van der Waals surface area contributed by atoms with Crippen molar-refractivity contribution < 1.29 is 10.2 Å². The Morgan fingerprint density at radius 1 is 1.62 bits per heavy atom. The first kappa shape index (κ1) is 8.01. The molecule has 0 radical (unpaired) electrons. The third-order valence-corrected chi connectivity index (χ3v) is 1.06. The number of hydrogen-bond donors (Lipinski definition) is 2. The average molecular weight is 134 g/mol. The summed E-state index contributed by atoms with van der Waals surface area (Å²) in [4.78, 5) is 0. The maximum atomic E-state index is 8.67. The Morgan fingerprint density at radius 2 is 2.25 bits per heavy atom. The molecule has 0 aliphatic carbocycles. The fraction of sp³-hybridized carbons (Fsp3) is 0.800. The quantitative estimate of drug-likeness (QED) is 0.536. The van der Waals surface area contributed by atoms with Gasteiger partial charge < -0.3 is 10.2 Å². The highest BCUT2D eigenvalue weighted by atomic mass is 32.1. The van der Waals surface area contributed by atoms with Gasteiger partial charge in [0.05, 0.1) is 12.7 Å². The number of aliphatic hydroxyl groups excluding tert-OH is 2. The van der Waals surface area contributed by atoms with Crippen LogP contribution in [0, 0.1) is 0 Å². The van der Waals surface area contributed by atoms with Crippen LogP contribution in [0.1, 0.15) is 12.8 Å². The van der Waals surface area contributed by atoms with Gasteiger partial charge in [-0.3, -0.25) is 0 Å². The normalized spacial score (nSPS) is 13.2. The summed E-state index contributed by atoms with van der Waals surface area (Å²) in [6.07, 6.45) is 0.672. The van der Waals surface area contributed by atoms with Crippen LogP contribution < -0.4 is 0 Å². The average Bonchev–Trinajstić information content (AvgIpc) is 1.83. The van der Waals surface area contributed by atoms with Gasteiger partial charge in [0.2, 0.25) is 0 Å². The molecule has 0 aliphatic heterocycles. The largest absolute Gasteiger partial charge is 0.394 e. The summed E-state index contributed by atoms with van der Waals surface area (Å²) in [5.41, 5.74) is 0. The monoisotopic (exact) mass is 134 g/mol. The van der Waals surface area contributed by atoms with Gasteiger partial charge in [0.25, 0.3) is 0 Å². The molecule has 0 bridgehead atoms. The standard InChI is InChI=1S/C5H10O2S/c6-4-5(7)2-1-3-8/h3,5-7H,1-2,4H2. The summed E-state index contributed by atoms with van der Waals surface area (Å²) in [5, 5.41) is 18.5. The van der Waals surface area contributed by atoms with Crippen molar-refractivity contribution in [2.75, 3.05) is 6.61 Å². The van der Waals surface area contributed by atoms with Crippen molar-refractivity contribution in [2.45, 2.75) is 18.9 Å². The molecule has 0 amide bonds. The molecule has 2 nitrogen and oxygen atoms in total. The molecule has 0 spiro atoms. The highest BCUT2D eigenvalue weighted by molar-refractivity contribution is 7.78. The zero-order chi connectivity index (χ0) is 6.41. The van der Waals surface area contributed by atoms with Crippen molar-refractivity contribution >= 4 is 17.6 Å². The van der Waals surface area contributed by atoms with Crippen molar-refractivity contribution in [1.82, 2.24) is 0 Å². The second-order valence-corrected chi connectivity index (χ2v) is 1.91. The van der Waals surface area contributed by atoms with Crippen molar-refractivity contribution in [1.29, 1.82) is 0 Å². The summed E-state index contributed by atoms with van der Waals surface area (Å²) < 4.78 is 0. The Morgan fingerprint density at radius 3 is 2.62 bits per heavy atom. The fourth-order valence-electron chi connectivity index (χ4n) is 0.352. The molecule has 48 valence electrons. The number of hydrogen-bond acceptors (Lipinski definition) is 3. The topological polar surface area (TPSA) is 40.5 Å². The minimum atomic E-state index is -0.589. The minimum Gasteiger partial charge on any atom is -0.394 e. The molecule has 8 heavy (non-hydrogen) atoms. The van der Waals surface area contributed by atoms with Crippen LogP contribution in [0.4, 0.5) is 0 Å². The van der Waals surface area contributed by atoms with Crippen LogP contribution in [0.5, 0.6) is 0 Å². The van der Waals surface area contributed by atoms with Crippen molar-refractivity contribution in [3.8, 4) is 0 Å². The first-order chi connectivity index (χ1) is 3.81. The second kappa shape index (κ2) is 5.15. The Kier molecular flexibility index (Phi) is 5.16. The Bertz CT molecular complexity index is 65.4. The van der Waals surface area contributed by atoms with Gasteiger partial charge in [-0.05, 0) is 18.2 Å². The zero-order valence-corrected chi connectivity index (χ0v) is 5.40. The van der Waals surface area contributed by atoms with Gasteiger partial charge in [-0.1, -0.05) is 12.2 Å². The van der Waals surface area contributed by atoms with Crippen LogP contribution in [-0.4, -0.2) is 28.3 Å². The van der Waals surface area contributed by atoms with Gasteiger partial charge in [-0.25, -0.2) is 0 Å². The lowest BCUT2D eigenvalue weighted by atomic mass is 10.2. The fourth-order valence-corrected chi connectivity index (χ4v) is 0.488. The lowest BCUT2D eigenvalue weighted by molar-refractivity contribution is 0.0903. The van der Waals surface area contributed by atoms with Crippen LogP contribution in [-0.2, 0) is 0 Å². The first-order valence-corrected chi connectivity index (χ1v) is 3.01. The van der Waals surface area contributed by atoms with Crippen molar-refractivity contribution in [3.63, 3.8) is 0 Å². The molecular weight excluding hydrogens is 124 g/mol. The predicted octanol–water partition coefficient (Wildman–Crippen LogP) is 0.119. The van der Waals surface area contributed by atoms with E-state index < -0.39 is 6.10 Å². The third-order valence-electron chi connectivity index (χ3n) is 0.828. The molecule has 2 N–H and O–H groups in total. The SMILES string of the molecule is OCC(O)CCC=S. The summed E-state index contributed by atoms with van der Waals surface area (Å²) in [5.74, 6) is 0. The summed E-state index contributed by atoms with van der Waals surface area (Å²) in [7, 11) is 0. The van der Waals surface area contributed by atoms with E-state index in [1.54, 1.807) is 5.37 Å². The molecule has 1 unspecified atom stereocenters. The van der Waals surface area contributed by atoms with Gasteiger partial charge in [-0.2, -0.15) is 0 Å². The molecule has 0 saturated heterocycles. The van der Waals surface area contributed by atoms with Crippen LogP contribution in [0.25, 0.3) is 0 Å². The van der Waals surface area contributed by atoms with Gasteiger partial charge in [0, 0.05) is 0 Å². The van der Waals surface area contributed by atoms with Crippen molar-refractivity contribution in [3.05, 3.63) is 0 Å². The van der Waals surface area contributed by atoms with Crippen LogP contribution in [0.2, 0.25) is 0 Å². The van der Waals surface area contributed by atoms with E-state index >= 15 is 0 Å². The zero-order valence-electron chi connectivity index (χ0n) is 4.58. The van der Waals surface area contributed by atoms with E-state index in [4.69, 9.17) is 10.2 Å². The van der Waals surface area contributed by atoms with Crippen LogP contribution in [0.3, 0.4) is 0 Å². The van der Waals surface area contributed by atoms with E-state index in [-0.39, 0.29) is 6.61 Å². The Hall–Kier alpha value is 0.01000. The van der Waals surface area contributed by atoms with Gasteiger partial charge >= 0.3 is 0 Å². The number of aliphatic hydroxyl groups is 2. The molecule has 0 aromatic heterocycles. The third kappa shape index (κ3) is 4.18. The van der Waals surface area contributed by atoms with Gasteiger partial charge in [0.1, 0.15) is 0 Å². The first-order valence-electron chi connectivity index (χ1n) is 2.53. The van der Waals surface area contributed by atoms with E-state index in [0.717, 1.165) is 0 Å². The highest BCUT2D eigenvalue weighted by Crippen LogP contribution is 1.92. The van der Waals surface area contributed by atoms with E-state index in [0.29, 0.717) is 12.8 Å². The maximum absolute atomic E-state index is 8.67. The molecule has 1 atom stereocenters. The van der Waals surface area contributed by atoms with Crippen LogP contribution >= 0.6 is 12.2 Å². The molecule has 0 aliphatic rings. The van der Waals surface area contributed by atoms with Crippen molar-refractivity contribution in [2.24, 2.45) is 0 Å². The van der Waals surface area contributed by atoms with E-state index in [1.807, 2.05) is 0 Å². The van der Waals surface area contributed by atoms with E-state index in [9.17, 15) is 0 Å². The summed E-state index contributed by atoms with van der Waals surface area (Å²) >= 11 is 4.50. The van der Waals surface area contributed by atoms with E-state index in [2.05, 4.69) is 12.2 Å². The molecule has 0 fully saturated rings. The molecular formula is C5H10O2S. The molecule has 0 heterocycles. The molecule has 0 saturated carbocycles. The van der Waals surface area contributed by atoms with E-state index in [1.165, 1.54) is 0 Å². The summed E-state index contributed by atoms with van der Waals surface area (Å²) in [6.45, 7) is -0.164. The smallest absolute Gasteiger partial charge is 0.0774 e. The lowest BCUT2D eigenvalue weighted by Gasteiger charge is -2.01. The van der Waals surface area contributed by atoms with Crippen LogP contribution in [0.15, 0.2) is 0 Å². The summed E-state index contributed by atoms with van der Waals surface area (Å²) in [6, 6.07) is 0. The highest BCUT2D eigenvalue weighted by Gasteiger charge is 1.97. The minimum absolute atomic E-state index is 0.164.